The zero-order valence-electron chi connectivity index (χ0n) is 16.5. The number of benzene rings is 3. The number of hydrogen-bond acceptors (Lipinski definition) is 5. The molecule has 5 nitrogen and oxygen atoms in total. The summed E-state index contributed by atoms with van der Waals surface area (Å²) < 4.78 is 15.7. The zero-order chi connectivity index (χ0) is 20.8. The van der Waals surface area contributed by atoms with Gasteiger partial charge in [-0.25, -0.2) is 9.37 Å². The Morgan fingerprint density at radius 1 is 0.903 bits per heavy atom. The van der Waals surface area contributed by atoms with E-state index in [1.165, 1.54) is 23.5 Å². The molecule has 1 aliphatic rings. The van der Waals surface area contributed by atoms with E-state index in [2.05, 4.69) is 26.1 Å². The first-order valence-corrected chi connectivity index (χ1v) is 11.0. The van der Waals surface area contributed by atoms with Gasteiger partial charge in [-0.1, -0.05) is 41.7 Å². The lowest BCUT2D eigenvalue weighted by molar-refractivity contribution is 0.628. The van der Waals surface area contributed by atoms with Gasteiger partial charge < -0.3 is 9.88 Å². The molecule has 2 heterocycles. The van der Waals surface area contributed by atoms with Gasteiger partial charge in [0.25, 0.3) is 0 Å². The number of aromatic nitrogens is 4. The molecule has 1 N–H and O–H groups in total. The van der Waals surface area contributed by atoms with Gasteiger partial charge in [-0.15, -0.1) is 10.2 Å². The molecule has 7 heteroatoms. The van der Waals surface area contributed by atoms with Crippen LogP contribution in [0, 0.1) is 5.82 Å². The molecule has 0 radical (unpaired) electrons. The van der Waals surface area contributed by atoms with Crippen LogP contribution < -0.4 is 5.32 Å². The highest BCUT2D eigenvalue weighted by Crippen LogP contribution is 2.42. The predicted molar refractivity (Wildman–Crippen MR) is 122 cm³/mol. The van der Waals surface area contributed by atoms with Gasteiger partial charge in [0, 0.05) is 22.9 Å². The van der Waals surface area contributed by atoms with Gasteiger partial charge in [0.1, 0.15) is 16.6 Å². The van der Waals surface area contributed by atoms with Crippen LogP contribution in [0.1, 0.15) is 18.9 Å². The highest BCUT2D eigenvalue weighted by atomic mass is 32.1. The van der Waals surface area contributed by atoms with Crippen molar-refractivity contribution < 1.29 is 4.39 Å². The monoisotopic (exact) mass is 427 g/mol. The first kappa shape index (κ1) is 18.2. The molecule has 3 aromatic carbocycles. The molecule has 0 aliphatic heterocycles. The summed E-state index contributed by atoms with van der Waals surface area (Å²) in [6.45, 7) is 0. The Balaban J connectivity index is 1.34. The topological polar surface area (TPSA) is 55.6 Å². The maximum atomic E-state index is 13.4. The van der Waals surface area contributed by atoms with Gasteiger partial charge in [0.15, 0.2) is 0 Å². The van der Waals surface area contributed by atoms with Crippen molar-refractivity contribution in [2.24, 2.45) is 0 Å². The average molecular weight is 428 g/mol. The lowest BCUT2D eigenvalue weighted by Crippen LogP contribution is -1.97. The van der Waals surface area contributed by atoms with E-state index in [4.69, 9.17) is 4.98 Å². The minimum atomic E-state index is -0.240. The second-order valence-electron chi connectivity index (χ2n) is 7.65. The molecule has 0 atom stereocenters. The Hall–Kier alpha value is -3.58. The minimum Gasteiger partial charge on any atom is -0.330 e. The van der Waals surface area contributed by atoms with Gasteiger partial charge in [0.05, 0.1) is 11.0 Å². The van der Waals surface area contributed by atoms with E-state index in [1.807, 2.05) is 42.5 Å². The van der Waals surface area contributed by atoms with E-state index < -0.39 is 0 Å². The average Bonchev–Trinajstić information content (AvgIpc) is 3.41. The van der Waals surface area contributed by atoms with Crippen LogP contribution in [0.3, 0.4) is 0 Å². The number of nitrogens with one attached hydrogen (secondary N) is 1. The van der Waals surface area contributed by atoms with Crippen molar-refractivity contribution >= 4 is 33.2 Å². The van der Waals surface area contributed by atoms with Gasteiger partial charge in [-0.05, 0) is 55.3 Å². The first-order chi connectivity index (χ1) is 15.2. The van der Waals surface area contributed by atoms with E-state index >= 15 is 0 Å². The fraction of sp³-hybridized carbons (Fsp3) is 0.125. The van der Waals surface area contributed by atoms with Crippen molar-refractivity contribution in [3.05, 3.63) is 78.6 Å². The van der Waals surface area contributed by atoms with Gasteiger partial charge in [-0.2, -0.15) is 0 Å². The molecule has 1 saturated carbocycles. The minimum absolute atomic E-state index is 0.240. The SMILES string of the molecule is Fc1ccc(-c2nc3cc(Nc4nnc(-c5ccccc5)s4)ccc3n2C2CC2)cc1. The third kappa shape index (κ3) is 3.47. The molecule has 152 valence electrons. The summed E-state index contributed by atoms with van der Waals surface area (Å²) in [5, 5.41) is 13.5. The lowest BCUT2D eigenvalue weighted by Gasteiger charge is -2.08. The molecule has 0 unspecified atom stereocenters. The quantitative estimate of drug-likeness (QED) is 0.351. The van der Waals surface area contributed by atoms with Gasteiger partial charge in [0.2, 0.25) is 5.13 Å². The molecule has 0 spiro atoms. The summed E-state index contributed by atoms with van der Waals surface area (Å²) in [6.07, 6.45) is 2.29. The summed E-state index contributed by atoms with van der Waals surface area (Å²) in [6, 6.07) is 23.2. The Labute approximate surface area is 182 Å². The van der Waals surface area contributed by atoms with Crippen LogP contribution in [0.2, 0.25) is 0 Å². The van der Waals surface area contributed by atoms with Crippen LogP contribution >= 0.6 is 11.3 Å². The second-order valence-corrected chi connectivity index (χ2v) is 8.63. The molecule has 1 fully saturated rings. The largest absolute Gasteiger partial charge is 0.330 e. The first-order valence-electron chi connectivity index (χ1n) is 10.2. The summed E-state index contributed by atoms with van der Waals surface area (Å²) >= 11 is 1.51. The van der Waals surface area contributed by atoms with Crippen molar-refractivity contribution in [2.45, 2.75) is 18.9 Å². The number of nitrogens with zero attached hydrogens (tertiary/aromatic N) is 4. The standard InChI is InChI=1S/C24H18FN5S/c25-17-8-6-15(7-9-17)22-27-20-14-18(10-13-21(20)30(22)19-11-12-19)26-24-29-28-23(31-24)16-4-2-1-3-5-16/h1-10,13-14,19H,11-12H2,(H,26,29). The molecule has 6 rings (SSSR count). The van der Waals surface area contributed by atoms with E-state index in [0.29, 0.717) is 6.04 Å². The number of hydrogen-bond donors (Lipinski definition) is 1. The maximum absolute atomic E-state index is 13.4. The Morgan fingerprint density at radius 2 is 1.71 bits per heavy atom. The molecule has 31 heavy (non-hydrogen) atoms. The molecular weight excluding hydrogens is 409 g/mol. The molecule has 0 amide bonds. The lowest BCUT2D eigenvalue weighted by atomic mass is 10.2. The van der Waals surface area contributed by atoms with E-state index in [1.54, 1.807) is 12.1 Å². The predicted octanol–water partition coefficient (Wildman–Crippen LogP) is 6.44. The van der Waals surface area contributed by atoms with E-state index in [9.17, 15) is 4.39 Å². The fourth-order valence-electron chi connectivity index (χ4n) is 3.78. The Bertz CT molecular complexity index is 1370. The molecule has 5 aromatic rings. The van der Waals surface area contributed by atoms with Crippen LogP contribution in [0.15, 0.2) is 72.8 Å². The molecule has 2 aromatic heterocycles. The van der Waals surface area contributed by atoms with Crippen LogP contribution in [-0.2, 0) is 0 Å². The van der Waals surface area contributed by atoms with Gasteiger partial charge >= 0.3 is 0 Å². The number of anilines is 2. The van der Waals surface area contributed by atoms with E-state index in [-0.39, 0.29) is 5.82 Å². The van der Waals surface area contributed by atoms with Crippen molar-refractivity contribution in [2.75, 3.05) is 5.32 Å². The van der Waals surface area contributed by atoms with E-state index in [0.717, 1.165) is 56.7 Å². The van der Waals surface area contributed by atoms with Crippen molar-refractivity contribution in [1.29, 1.82) is 0 Å². The normalized spacial score (nSPS) is 13.6. The summed E-state index contributed by atoms with van der Waals surface area (Å²) in [5.41, 5.74) is 4.89. The third-order valence-corrected chi connectivity index (χ3v) is 6.29. The van der Waals surface area contributed by atoms with Crippen LogP contribution in [0.4, 0.5) is 15.2 Å². The third-order valence-electron chi connectivity index (χ3n) is 5.40. The Kier molecular flexibility index (Phi) is 4.28. The second kappa shape index (κ2) is 7.28. The zero-order valence-corrected chi connectivity index (χ0v) is 17.3. The Morgan fingerprint density at radius 3 is 2.48 bits per heavy atom. The number of halogens is 1. The summed E-state index contributed by atoms with van der Waals surface area (Å²) in [4.78, 5) is 4.90. The van der Waals surface area contributed by atoms with Crippen molar-refractivity contribution in [3.63, 3.8) is 0 Å². The maximum Gasteiger partial charge on any atom is 0.210 e. The number of imidazole rings is 1. The van der Waals surface area contributed by atoms with Crippen molar-refractivity contribution in [1.82, 2.24) is 19.7 Å². The highest BCUT2D eigenvalue weighted by molar-refractivity contribution is 7.18. The smallest absolute Gasteiger partial charge is 0.210 e. The molecule has 0 bridgehead atoms. The molecular formula is C24H18FN5S. The van der Waals surface area contributed by atoms with Crippen LogP contribution in [-0.4, -0.2) is 19.7 Å². The van der Waals surface area contributed by atoms with Crippen molar-refractivity contribution in [3.8, 4) is 22.0 Å². The summed E-state index contributed by atoms with van der Waals surface area (Å²) in [5.74, 6) is 0.646. The van der Waals surface area contributed by atoms with Crippen LogP contribution in [0.5, 0.6) is 0 Å². The fourth-order valence-corrected chi connectivity index (χ4v) is 4.55. The molecule has 0 saturated heterocycles. The van der Waals surface area contributed by atoms with Gasteiger partial charge in [-0.3, -0.25) is 0 Å². The molecule has 1 aliphatic carbocycles. The van der Waals surface area contributed by atoms with Crippen LogP contribution in [0.25, 0.3) is 33.0 Å². The number of rotatable bonds is 5. The highest BCUT2D eigenvalue weighted by Gasteiger charge is 2.28. The summed E-state index contributed by atoms with van der Waals surface area (Å²) in [7, 11) is 0. The number of fused-ring (bicyclic) bond motifs is 1.